The Balaban J connectivity index is 1.44. The molecule has 12 heteroatoms. The lowest BCUT2D eigenvalue weighted by molar-refractivity contribution is 0.130. The zero-order valence-corrected chi connectivity index (χ0v) is 25.7. The van der Waals surface area contributed by atoms with Gasteiger partial charge >= 0.3 is 0 Å². The van der Waals surface area contributed by atoms with Crippen LogP contribution in [0.15, 0.2) is 53.8 Å². The Morgan fingerprint density at radius 3 is 2.84 bits per heavy atom. The van der Waals surface area contributed by atoms with Crippen molar-refractivity contribution in [2.75, 3.05) is 50.3 Å². The largest absolute Gasteiger partial charge is 0.481 e. The fourth-order valence-corrected chi connectivity index (χ4v) is 7.16. The summed E-state index contributed by atoms with van der Waals surface area (Å²) in [5.41, 5.74) is 2.67. The van der Waals surface area contributed by atoms with Crippen molar-refractivity contribution in [2.24, 2.45) is 0 Å². The van der Waals surface area contributed by atoms with Crippen LogP contribution in [0.2, 0.25) is 0 Å². The molecule has 43 heavy (non-hydrogen) atoms. The van der Waals surface area contributed by atoms with Gasteiger partial charge in [-0.2, -0.15) is 0 Å². The van der Waals surface area contributed by atoms with Gasteiger partial charge in [-0.05, 0) is 49.8 Å². The van der Waals surface area contributed by atoms with E-state index in [2.05, 4.69) is 42.4 Å². The summed E-state index contributed by atoms with van der Waals surface area (Å²) in [6, 6.07) is 7.89. The molecular formula is C31H36FN7O3S. The molecule has 0 spiro atoms. The van der Waals surface area contributed by atoms with Gasteiger partial charge in [0.25, 0.3) is 0 Å². The third-order valence-corrected chi connectivity index (χ3v) is 9.83. The maximum absolute atomic E-state index is 15.2. The highest BCUT2D eigenvalue weighted by Crippen LogP contribution is 2.40. The molecule has 0 aromatic carbocycles. The van der Waals surface area contributed by atoms with Crippen LogP contribution in [0.3, 0.4) is 0 Å². The number of halogens is 1. The van der Waals surface area contributed by atoms with E-state index in [9.17, 15) is 4.79 Å². The van der Waals surface area contributed by atoms with Crippen molar-refractivity contribution in [3.8, 4) is 11.8 Å². The molecule has 1 unspecified atom stereocenters. The number of piperidine rings is 1. The fraction of sp³-hybridized carbons (Fsp3) is 0.419. The summed E-state index contributed by atoms with van der Waals surface area (Å²) >= 11 is 1.78. The van der Waals surface area contributed by atoms with Gasteiger partial charge in [-0.3, -0.25) is 9.69 Å². The molecule has 4 aromatic rings. The summed E-state index contributed by atoms with van der Waals surface area (Å²) in [5, 5.41) is 3.11. The van der Waals surface area contributed by atoms with Gasteiger partial charge in [0.05, 0.1) is 41.5 Å². The molecule has 0 amide bonds. The number of thioether (sulfide) groups is 1. The van der Waals surface area contributed by atoms with E-state index in [4.69, 9.17) is 9.47 Å². The van der Waals surface area contributed by atoms with Gasteiger partial charge in [-0.1, -0.05) is 0 Å². The SMILES string of the molecule is CNc1ccc(N2CCC[C@@](SC)(N(Cc3ccnc(OC)c3)Cc3cn4c5c(ncc(F)c5c3=O)OCC4C)C2)cn1. The Kier molecular flexibility index (Phi) is 8.15. The number of rotatable bonds is 9. The maximum Gasteiger partial charge on any atom is 0.238 e. The predicted octanol–water partition coefficient (Wildman–Crippen LogP) is 4.69. The summed E-state index contributed by atoms with van der Waals surface area (Å²) in [6.45, 7) is 4.90. The normalized spacial score (nSPS) is 19.9. The van der Waals surface area contributed by atoms with E-state index in [-0.39, 0.29) is 21.7 Å². The number of hydrogen-bond donors (Lipinski definition) is 1. The minimum atomic E-state index is -0.636. The molecule has 1 N–H and O–H groups in total. The summed E-state index contributed by atoms with van der Waals surface area (Å²) in [5.74, 6) is 1.00. The average Bonchev–Trinajstić information content (AvgIpc) is 3.04. The van der Waals surface area contributed by atoms with Crippen molar-refractivity contribution in [2.45, 2.75) is 43.8 Å². The van der Waals surface area contributed by atoms with Crippen LogP contribution < -0.4 is 25.1 Å². The monoisotopic (exact) mass is 605 g/mol. The van der Waals surface area contributed by atoms with Crippen LogP contribution in [0.5, 0.6) is 11.8 Å². The quantitative estimate of drug-likeness (QED) is 0.271. The second-order valence-corrected chi connectivity index (χ2v) is 12.2. The first-order valence-corrected chi connectivity index (χ1v) is 15.6. The third-order valence-electron chi connectivity index (χ3n) is 8.48. The lowest BCUT2D eigenvalue weighted by atomic mass is 10.00. The summed E-state index contributed by atoms with van der Waals surface area (Å²) < 4.78 is 28.4. The molecule has 1 saturated heterocycles. The molecule has 2 aliphatic rings. The highest BCUT2D eigenvalue weighted by molar-refractivity contribution is 7.99. The number of methoxy groups -OCH3 is 1. The van der Waals surface area contributed by atoms with Crippen LogP contribution in [0.1, 0.15) is 36.9 Å². The summed E-state index contributed by atoms with van der Waals surface area (Å²) in [4.78, 5) is 31.3. The van der Waals surface area contributed by atoms with Gasteiger partial charge in [0.15, 0.2) is 11.2 Å². The lowest BCUT2D eigenvalue weighted by Crippen LogP contribution is -2.56. The highest BCUT2D eigenvalue weighted by atomic mass is 32.2. The van der Waals surface area contributed by atoms with Crippen LogP contribution in [0.4, 0.5) is 15.9 Å². The second-order valence-electron chi connectivity index (χ2n) is 11.1. The first-order valence-electron chi connectivity index (χ1n) is 14.4. The number of pyridine rings is 4. The maximum atomic E-state index is 15.2. The molecule has 226 valence electrons. The van der Waals surface area contributed by atoms with E-state index < -0.39 is 5.82 Å². The first kappa shape index (κ1) is 29.2. The van der Waals surface area contributed by atoms with Crippen LogP contribution in [-0.2, 0) is 13.1 Å². The average molecular weight is 606 g/mol. The lowest BCUT2D eigenvalue weighted by Gasteiger charge is -2.49. The van der Waals surface area contributed by atoms with E-state index >= 15 is 4.39 Å². The molecule has 1 fully saturated rings. The smallest absolute Gasteiger partial charge is 0.238 e. The van der Waals surface area contributed by atoms with E-state index in [1.807, 2.05) is 49.1 Å². The first-order chi connectivity index (χ1) is 20.9. The number of nitrogens with one attached hydrogen (secondary N) is 1. The van der Waals surface area contributed by atoms with E-state index in [0.29, 0.717) is 42.5 Å². The Labute approximate surface area is 254 Å². The van der Waals surface area contributed by atoms with Gasteiger partial charge in [0, 0.05) is 57.3 Å². The van der Waals surface area contributed by atoms with Crippen molar-refractivity contribution in [3.63, 3.8) is 0 Å². The Bertz CT molecular complexity index is 1690. The Morgan fingerprint density at radius 1 is 1.23 bits per heavy atom. The number of aromatic nitrogens is 4. The third kappa shape index (κ3) is 5.49. The molecule has 2 aliphatic heterocycles. The highest BCUT2D eigenvalue weighted by Gasteiger charge is 2.41. The molecule has 0 bridgehead atoms. The minimum absolute atomic E-state index is 0.0266. The van der Waals surface area contributed by atoms with Gasteiger partial charge < -0.3 is 24.3 Å². The number of anilines is 2. The van der Waals surface area contributed by atoms with E-state index in [1.54, 1.807) is 25.1 Å². The Morgan fingerprint density at radius 2 is 2.09 bits per heavy atom. The van der Waals surface area contributed by atoms with Crippen LogP contribution in [0.25, 0.3) is 10.9 Å². The molecule has 4 aromatic heterocycles. The number of nitrogens with zero attached hydrogens (tertiary/aromatic N) is 6. The van der Waals surface area contributed by atoms with E-state index in [0.717, 1.165) is 49.2 Å². The zero-order chi connectivity index (χ0) is 30.1. The molecule has 0 saturated carbocycles. The van der Waals surface area contributed by atoms with Crippen molar-refractivity contribution in [1.29, 1.82) is 0 Å². The molecule has 2 atom stereocenters. The summed E-state index contributed by atoms with van der Waals surface area (Å²) in [7, 11) is 3.46. The van der Waals surface area contributed by atoms with Gasteiger partial charge in [-0.15, -0.1) is 11.8 Å². The second kappa shape index (κ2) is 12.0. The number of hydrogen-bond acceptors (Lipinski definition) is 10. The number of ether oxygens (including phenoxy) is 2. The van der Waals surface area contributed by atoms with Crippen molar-refractivity contribution in [3.05, 3.63) is 76.2 Å². The van der Waals surface area contributed by atoms with Gasteiger partial charge in [0.2, 0.25) is 11.8 Å². The molecular weight excluding hydrogens is 569 g/mol. The topological polar surface area (TPSA) is 97.6 Å². The fourth-order valence-electron chi connectivity index (χ4n) is 6.14. The van der Waals surface area contributed by atoms with Crippen LogP contribution >= 0.6 is 11.8 Å². The van der Waals surface area contributed by atoms with Crippen LogP contribution in [-0.4, -0.2) is 69.4 Å². The molecule has 6 rings (SSSR count). The van der Waals surface area contributed by atoms with Crippen molar-refractivity contribution >= 4 is 34.2 Å². The molecule has 6 heterocycles. The van der Waals surface area contributed by atoms with Crippen LogP contribution in [0, 0.1) is 5.82 Å². The van der Waals surface area contributed by atoms with Crippen molar-refractivity contribution in [1.82, 2.24) is 24.4 Å². The Hall–Kier alpha value is -3.90. The standard InChI is InChI=1S/C31H36FN7O3S/c1-20-18-42-30-28-27(24(32)14-36-30)29(40)22(17-39(20)28)16-38(15-21-8-10-34-26(12-21)41-3)31(43-4)9-5-11-37(19-31)23-6-7-25(33-2)35-13-23/h6-8,10,12-14,17,20H,5,9,11,15-16,18-19H2,1-4H3,(H,33,35)/t20?,31-/m0/s1. The van der Waals surface area contributed by atoms with Gasteiger partial charge in [0.1, 0.15) is 17.9 Å². The van der Waals surface area contributed by atoms with E-state index in [1.165, 1.54) is 0 Å². The molecule has 0 radical (unpaired) electrons. The van der Waals surface area contributed by atoms with Gasteiger partial charge in [-0.25, -0.2) is 19.3 Å². The minimum Gasteiger partial charge on any atom is -0.481 e. The molecule has 0 aliphatic carbocycles. The summed E-state index contributed by atoms with van der Waals surface area (Å²) in [6.07, 6.45) is 10.6. The molecule has 10 nitrogen and oxygen atoms in total. The van der Waals surface area contributed by atoms with Crippen molar-refractivity contribution < 1.29 is 13.9 Å². The predicted molar refractivity (Wildman–Crippen MR) is 168 cm³/mol. The zero-order valence-electron chi connectivity index (χ0n) is 24.8.